The lowest BCUT2D eigenvalue weighted by atomic mass is 10.1. The average Bonchev–Trinajstić information content (AvgIpc) is 3.33. The van der Waals surface area contributed by atoms with Gasteiger partial charge in [0.2, 0.25) is 5.89 Å². The molecule has 0 bridgehead atoms. The predicted molar refractivity (Wildman–Crippen MR) is 94.8 cm³/mol. The number of amides is 2. The van der Waals surface area contributed by atoms with Gasteiger partial charge in [0, 0.05) is 30.6 Å². The molecule has 6 nitrogen and oxygen atoms in total. The second kappa shape index (κ2) is 6.50. The van der Waals surface area contributed by atoms with Gasteiger partial charge < -0.3 is 9.84 Å². The van der Waals surface area contributed by atoms with E-state index in [0.29, 0.717) is 0 Å². The Kier molecular flexibility index (Phi) is 4.19. The van der Waals surface area contributed by atoms with Crippen molar-refractivity contribution in [1.29, 1.82) is 0 Å². The van der Waals surface area contributed by atoms with Crippen LogP contribution in [-0.2, 0) is 12.8 Å². The topological polar surface area (TPSA) is 71.3 Å². The molecule has 1 aliphatic carbocycles. The van der Waals surface area contributed by atoms with Gasteiger partial charge in [-0.05, 0) is 49.8 Å². The Hall–Kier alpha value is -2.37. The first-order chi connectivity index (χ1) is 12.1. The zero-order chi connectivity index (χ0) is 17.4. The highest BCUT2D eigenvalue weighted by molar-refractivity contribution is 5.94. The number of fused-ring (bicyclic) bond motifs is 1. The summed E-state index contributed by atoms with van der Waals surface area (Å²) >= 11 is 0. The molecule has 1 aromatic heterocycles. The van der Waals surface area contributed by atoms with E-state index in [1.165, 1.54) is 11.1 Å². The number of nitrogens with one attached hydrogen (secondary N) is 1. The monoisotopic (exact) mass is 340 g/mol. The first-order valence-corrected chi connectivity index (χ1v) is 9.14. The van der Waals surface area contributed by atoms with Gasteiger partial charge in [-0.15, -0.1) is 0 Å². The van der Waals surface area contributed by atoms with Crippen LogP contribution in [0.5, 0.6) is 0 Å². The molecule has 1 fully saturated rings. The van der Waals surface area contributed by atoms with Crippen molar-refractivity contribution in [1.82, 2.24) is 15.5 Å². The molecule has 1 saturated carbocycles. The van der Waals surface area contributed by atoms with Crippen molar-refractivity contribution >= 4 is 11.7 Å². The summed E-state index contributed by atoms with van der Waals surface area (Å²) < 4.78 is 5.37. The molecule has 1 N–H and O–H groups in total. The van der Waals surface area contributed by atoms with E-state index in [-0.39, 0.29) is 18.0 Å². The molecular weight excluding hydrogens is 316 g/mol. The number of hydrogen-bond donors (Lipinski definition) is 1. The third-order valence-corrected chi connectivity index (χ3v) is 5.29. The largest absolute Gasteiger partial charge is 0.339 e. The van der Waals surface area contributed by atoms with E-state index in [0.717, 1.165) is 56.1 Å². The van der Waals surface area contributed by atoms with E-state index in [2.05, 4.69) is 40.6 Å². The molecule has 0 radical (unpaired) electrons. The molecule has 0 spiro atoms. The predicted octanol–water partition coefficient (Wildman–Crippen LogP) is 3.35. The fourth-order valence-corrected chi connectivity index (χ4v) is 3.87. The number of carbonyl (C=O) groups is 1. The van der Waals surface area contributed by atoms with Gasteiger partial charge in [-0.2, -0.15) is 4.98 Å². The minimum Gasteiger partial charge on any atom is -0.339 e. The van der Waals surface area contributed by atoms with Crippen LogP contribution >= 0.6 is 0 Å². The summed E-state index contributed by atoms with van der Waals surface area (Å²) in [4.78, 5) is 19.0. The van der Waals surface area contributed by atoms with Gasteiger partial charge in [0.05, 0.1) is 0 Å². The summed E-state index contributed by atoms with van der Waals surface area (Å²) in [6.45, 7) is 4.83. The Morgan fingerprint density at radius 2 is 2.28 bits per heavy atom. The Labute approximate surface area is 147 Å². The molecule has 1 aromatic carbocycles. The SMILES string of the molecule is CCc1noc(C2CCC(NC(=O)N3CCc4ccc(C)cc43)C2)n1. The number of urea groups is 1. The highest BCUT2D eigenvalue weighted by Gasteiger charge is 2.33. The van der Waals surface area contributed by atoms with Crippen molar-refractivity contribution in [2.75, 3.05) is 11.4 Å². The van der Waals surface area contributed by atoms with Gasteiger partial charge in [-0.1, -0.05) is 24.2 Å². The lowest BCUT2D eigenvalue weighted by molar-refractivity contribution is 0.243. The number of anilines is 1. The standard InChI is InChI=1S/C19H24N4O2/c1-3-17-21-18(25-22-17)14-6-7-15(11-14)20-19(24)23-9-8-13-5-4-12(2)10-16(13)23/h4-5,10,14-15H,3,6-9,11H2,1-2H3,(H,20,24). The first kappa shape index (κ1) is 16.1. The Balaban J connectivity index is 1.39. The van der Waals surface area contributed by atoms with Crippen molar-refractivity contribution in [2.45, 2.75) is 57.9 Å². The van der Waals surface area contributed by atoms with E-state index < -0.39 is 0 Å². The summed E-state index contributed by atoms with van der Waals surface area (Å²) in [5.41, 5.74) is 3.49. The fraction of sp³-hybridized carbons (Fsp3) is 0.526. The summed E-state index contributed by atoms with van der Waals surface area (Å²) in [6, 6.07) is 6.52. The number of aryl methyl sites for hydroxylation is 2. The summed E-state index contributed by atoms with van der Waals surface area (Å²) in [7, 11) is 0. The number of rotatable bonds is 3. The number of benzene rings is 1. The summed E-state index contributed by atoms with van der Waals surface area (Å²) in [5.74, 6) is 1.73. The van der Waals surface area contributed by atoms with E-state index in [9.17, 15) is 4.79 Å². The number of nitrogens with zero attached hydrogens (tertiary/aromatic N) is 3. The van der Waals surface area contributed by atoms with Crippen molar-refractivity contribution < 1.29 is 9.32 Å². The minimum absolute atomic E-state index is 0.00905. The molecular formula is C19H24N4O2. The van der Waals surface area contributed by atoms with E-state index in [1.807, 2.05) is 11.8 Å². The summed E-state index contributed by atoms with van der Waals surface area (Å²) in [6.07, 6.45) is 4.51. The Morgan fingerprint density at radius 1 is 1.40 bits per heavy atom. The normalized spacial score (nSPS) is 22.2. The van der Waals surface area contributed by atoms with Crippen molar-refractivity contribution in [3.63, 3.8) is 0 Å². The molecule has 4 rings (SSSR count). The van der Waals surface area contributed by atoms with Crippen LogP contribution in [0.15, 0.2) is 22.7 Å². The van der Waals surface area contributed by atoms with Crippen LogP contribution in [0.4, 0.5) is 10.5 Å². The fourth-order valence-electron chi connectivity index (χ4n) is 3.87. The first-order valence-electron chi connectivity index (χ1n) is 9.14. The molecule has 2 unspecified atom stereocenters. The molecule has 2 aliphatic rings. The molecule has 6 heteroatoms. The summed E-state index contributed by atoms with van der Waals surface area (Å²) in [5, 5.41) is 7.18. The van der Waals surface area contributed by atoms with Gasteiger partial charge >= 0.3 is 6.03 Å². The van der Waals surface area contributed by atoms with Gasteiger partial charge in [-0.25, -0.2) is 4.79 Å². The Bertz CT molecular complexity index is 785. The number of hydrogen-bond acceptors (Lipinski definition) is 4. The van der Waals surface area contributed by atoms with Gasteiger partial charge in [0.15, 0.2) is 5.82 Å². The zero-order valence-corrected chi connectivity index (χ0v) is 14.8. The second-order valence-electron chi connectivity index (χ2n) is 7.09. The molecule has 1 aliphatic heterocycles. The van der Waals surface area contributed by atoms with E-state index in [1.54, 1.807) is 0 Å². The quantitative estimate of drug-likeness (QED) is 0.930. The molecule has 2 atom stereocenters. The van der Waals surface area contributed by atoms with Crippen LogP contribution in [0.3, 0.4) is 0 Å². The van der Waals surface area contributed by atoms with Gasteiger partial charge in [0.25, 0.3) is 0 Å². The van der Waals surface area contributed by atoms with Crippen LogP contribution in [0.1, 0.15) is 54.9 Å². The smallest absolute Gasteiger partial charge is 0.322 e. The molecule has 2 aromatic rings. The minimum atomic E-state index is 0.00905. The lowest BCUT2D eigenvalue weighted by Gasteiger charge is -2.21. The highest BCUT2D eigenvalue weighted by atomic mass is 16.5. The van der Waals surface area contributed by atoms with E-state index >= 15 is 0 Å². The van der Waals surface area contributed by atoms with E-state index in [4.69, 9.17) is 4.52 Å². The maximum absolute atomic E-state index is 12.7. The van der Waals surface area contributed by atoms with Crippen LogP contribution in [0.2, 0.25) is 0 Å². The van der Waals surface area contributed by atoms with Crippen molar-refractivity contribution in [2.24, 2.45) is 0 Å². The van der Waals surface area contributed by atoms with Gasteiger partial charge in [-0.3, -0.25) is 4.90 Å². The zero-order valence-electron chi connectivity index (χ0n) is 14.8. The number of carbonyl (C=O) groups excluding carboxylic acids is 1. The van der Waals surface area contributed by atoms with Crippen LogP contribution in [-0.4, -0.2) is 28.8 Å². The van der Waals surface area contributed by atoms with Crippen LogP contribution in [0.25, 0.3) is 0 Å². The second-order valence-corrected chi connectivity index (χ2v) is 7.09. The molecule has 25 heavy (non-hydrogen) atoms. The van der Waals surface area contributed by atoms with Crippen molar-refractivity contribution in [3.05, 3.63) is 41.0 Å². The van der Waals surface area contributed by atoms with Crippen LogP contribution < -0.4 is 10.2 Å². The highest BCUT2D eigenvalue weighted by Crippen LogP contribution is 2.34. The molecule has 2 amide bonds. The van der Waals surface area contributed by atoms with Crippen molar-refractivity contribution in [3.8, 4) is 0 Å². The molecule has 2 heterocycles. The Morgan fingerprint density at radius 3 is 3.08 bits per heavy atom. The maximum Gasteiger partial charge on any atom is 0.322 e. The van der Waals surface area contributed by atoms with Crippen LogP contribution in [0, 0.1) is 6.92 Å². The third kappa shape index (κ3) is 3.13. The van der Waals surface area contributed by atoms with Gasteiger partial charge in [0.1, 0.15) is 0 Å². The maximum atomic E-state index is 12.7. The molecule has 132 valence electrons. The number of aromatic nitrogens is 2. The molecule has 0 saturated heterocycles. The average molecular weight is 340 g/mol. The third-order valence-electron chi connectivity index (χ3n) is 5.29. The lowest BCUT2D eigenvalue weighted by Crippen LogP contribution is -2.43.